The molecule has 3 atom stereocenters. The number of fused-ring (bicyclic) bond motifs is 1. The minimum atomic E-state index is -0.837. The third kappa shape index (κ3) is 8.71. The quantitative estimate of drug-likeness (QED) is 0.162. The molecular weight excluding hydrogens is 796 g/mol. The molecule has 3 aromatic heterocycles. The van der Waals surface area contributed by atoms with E-state index in [0.29, 0.717) is 61.1 Å². The molecule has 324 valence electrons. The number of aromatic nitrogens is 4. The van der Waals surface area contributed by atoms with Crippen LogP contribution in [0.15, 0.2) is 87.1 Å². The van der Waals surface area contributed by atoms with E-state index in [1.54, 1.807) is 42.6 Å². The standard InChI is InChI=1S/C46H51FN8O7/c47-35-28-48-44(51-41(35)31-5-4-8-34(26-31)54-19-2-1-9-40(54)57)49-33-7-3-6-32(25-33)43(59)53-23-17-46(61,18-24-53)16-22-52-20-14-29(15-21-52)30-10-11-36-38(27-30)62-45(60)55(36)37-12-13-39(56)50-42(37)58/h1-2,4-5,8-11,19,26-29,32-33,37,61H,3,6-7,12-18,20-25H2,(H,48,49,51)(H,50,56,58). The van der Waals surface area contributed by atoms with E-state index in [4.69, 9.17) is 4.42 Å². The normalized spacial score (nSPS) is 22.4. The summed E-state index contributed by atoms with van der Waals surface area (Å²) in [7, 11) is 0. The number of aliphatic hydroxyl groups is 1. The summed E-state index contributed by atoms with van der Waals surface area (Å²) in [6.07, 6.45) is 9.83. The molecular formula is C46H51FN8O7. The number of hydrogen-bond donors (Lipinski definition) is 3. The summed E-state index contributed by atoms with van der Waals surface area (Å²) >= 11 is 0. The number of pyridine rings is 1. The molecule has 0 spiro atoms. The van der Waals surface area contributed by atoms with Gasteiger partial charge in [0.25, 0.3) is 5.56 Å². The van der Waals surface area contributed by atoms with Crippen molar-refractivity contribution in [1.29, 1.82) is 0 Å². The summed E-state index contributed by atoms with van der Waals surface area (Å²) in [5.74, 6) is -1.51. The van der Waals surface area contributed by atoms with Crippen molar-refractivity contribution in [3.05, 3.63) is 105 Å². The summed E-state index contributed by atoms with van der Waals surface area (Å²) in [4.78, 5) is 76.1. The Labute approximate surface area is 356 Å². The fourth-order valence-corrected chi connectivity index (χ4v) is 9.85. The zero-order chi connectivity index (χ0) is 43.0. The zero-order valence-electron chi connectivity index (χ0n) is 34.5. The Morgan fingerprint density at radius 3 is 2.56 bits per heavy atom. The van der Waals surface area contributed by atoms with Crippen LogP contribution in [-0.4, -0.2) is 96.1 Å². The van der Waals surface area contributed by atoms with Crippen LogP contribution >= 0.6 is 0 Å². The van der Waals surface area contributed by atoms with Gasteiger partial charge in [0, 0.05) is 61.5 Å². The first-order valence-corrected chi connectivity index (χ1v) is 21.8. The number of benzene rings is 2. The van der Waals surface area contributed by atoms with Gasteiger partial charge in [0.2, 0.25) is 23.7 Å². The number of carbonyl (C=O) groups excluding carboxylic acids is 3. The van der Waals surface area contributed by atoms with Gasteiger partial charge < -0.3 is 24.6 Å². The van der Waals surface area contributed by atoms with Crippen LogP contribution in [0.25, 0.3) is 28.0 Å². The zero-order valence-corrected chi connectivity index (χ0v) is 34.5. The summed E-state index contributed by atoms with van der Waals surface area (Å²) in [6.45, 7) is 3.52. The average Bonchev–Trinajstić information content (AvgIpc) is 3.61. The first-order valence-electron chi connectivity index (χ1n) is 21.8. The maximum atomic E-state index is 15.1. The second kappa shape index (κ2) is 17.4. The number of nitrogens with zero attached hydrogens (tertiary/aromatic N) is 6. The van der Waals surface area contributed by atoms with E-state index in [2.05, 4.69) is 25.5 Å². The largest absolute Gasteiger partial charge is 0.420 e. The van der Waals surface area contributed by atoms with E-state index < -0.39 is 29.1 Å². The minimum absolute atomic E-state index is 0.0633. The summed E-state index contributed by atoms with van der Waals surface area (Å²) in [6, 6.07) is 16.8. The predicted octanol–water partition coefficient (Wildman–Crippen LogP) is 4.91. The molecule has 9 rings (SSSR count). The van der Waals surface area contributed by atoms with Gasteiger partial charge in [-0.25, -0.2) is 19.2 Å². The lowest BCUT2D eigenvalue weighted by Crippen LogP contribution is -2.50. The van der Waals surface area contributed by atoms with Gasteiger partial charge in [0.1, 0.15) is 11.7 Å². The number of piperidine rings is 3. The smallest absolute Gasteiger partial charge is 0.408 e. The SMILES string of the molecule is O=C1CCC(n2c(=O)oc3cc(C4CCN(CCC5(O)CCN(C(=O)C6CCCC(Nc7ncc(F)c(-c8cccc(-n9ccccc9=O)c8)n7)C6)CC5)CC4)ccc32)C(=O)N1. The fraction of sp³-hybridized carbons (Fsp3) is 0.457. The van der Waals surface area contributed by atoms with Crippen LogP contribution in [0.1, 0.15) is 88.2 Å². The summed E-state index contributed by atoms with van der Waals surface area (Å²) in [5.41, 5.74) is 2.25. The molecule has 5 aromatic rings. The van der Waals surface area contributed by atoms with Crippen molar-refractivity contribution in [2.75, 3.05) is 38.0 Å². The number of rotatable bonds is 10. The molecule has 0 bridgehead atoms. The topological polar surface area (TPSA) is 185 Å². The molecule has 3 aliphatic heterocycles. The molecule has 0 radical (unpaired) electrons. The van der Waals surface area contributed by atoms with E-state index >= 15 is 4.39 Å². The number of nitrogens with one attached hydrogen (secondary N) is 2. The van der Waals surface area contributed by atoms with E-state index in [-0.39, 0.29) is 59.7 Å². The van der Waals surface area contributed by atoms with Gasteiger partial charge >= 0.3 is 5.76 Å². The van der Waals surface area contributed by atoms with Crippen LogP contribution < -0.4 is 21.9 Å². The van der Waals surface area contributed by atoms with Crippen LogP contribution in [0.4, 0.5) is 10.3 Å². The first-order chi connectivity index (χ1) is 30.0. The number of anilines is 1. The van der Waals surface area contributed by atoms with Crippen molar-refractivity contribution in [2.24, 2.45) is 5.92 Å². The number of hydrogen-bond acceptors (Lipinski definition) is 11. The van der Waals surface area contributed by atoms with Crippen molar-refractivity contribution < 1.29 is 28.3 Å². The predicted molar refractivity (Wildman–Crippen MR) is 228 cm³/mol. The molecule has 62 heavy (non-hydrogen) atoms. The third-order valence-corrected chi connectivity index (χ3v) is 13.4. The highest BCUT2D eigenvalue weighted by molar-refractivity contribution is 6.00. The number of oxazole rings is 1. The highest BCUT2D eigenvalue weighted by Crippen LogP contribution is 2.35. The Kier molecular flexibility index (Phi) is 11.6. The molecule has 3 amide bonds. The molecule has 4 fully saturated rings. The molecule has 15 nitrogen and oxygen atoms in total. The van der Waals surface area contributed by atoms with E-state index in [9.17, 15) is 29.1 Å². The summed E-state index contributed by atoms with van der Waals surface area (Å²) in [5, 5.41) is 17.3. The number of imide groups is 1. The van der Waals surface area contributed by atoms with Gasteiger partial charge in [-0.05, 0) is 113 Å². The van der Waals surface area contributed by atoms with Crippen molar-refractivity contribution in [3.8, 4) is 16.9 Å². The number of halogens is 1. The lowest BCUT2D eigenvalue weighted by molar-refractivity contribution is -0.141. The average molecular weight is 847 g/mol. The molecule has 3 unspecified atom stereocenters. The first kappa shape index (κ1) is 41.4. The van der Waals surface area contributed by atoms with Gasteiger partial charge in [-0.3, -0.25) is 33.6 Å². The Bertz CT molecular complexity index is 2610. The van der Waals surface area contributed by atoms with E-state index in [1.165, 1.54) is 15.2 Å². The van der Waals surface area contributed by atoms with Gasteiger partial charge in [-0.2, -0.15) is 0 Å². The fourth-order valence-electron chi connectivity index (χ4n) is 9.85. The van der Waals surface area contributed by atoms with Crippen LogP contribution in [0.3, 0.4) is 0 Å². The second-order valence-electron chi connectivity index (χ2n) is 17.4. The van der Waals surface area contributed by atoms with Crippen molar-refractivity contribution in [1.82, 2.24) is 34.2 Å². The molecule has 1 aliphatic carbocycles. The Balaban J connectivity index is 0.741. The van der Waals surface area contributed by atoms with Crippen LogP contribution in [-0.2, 0) is 14.4 Å². The molecule has 16 heteroatoms. The number of carbonyl (C=O) groups is 3. The molecule has 1 saturated carbocycles. The molecule has 4 aliphatic rings. The van der Waals surface area contributed by atoms with Crippen LogP contribution in [0.2, 0.25) is 0 Å². The van der Waals surface area contributed by atoms with E-state index in [1.807, 2.05) is 23.1 Å². The van der Waals surface area contributed by atoms with Crippen molar-refractivity contribution >= 4 is 34.8 Å². The van der Waals surface area contributed by atoms with Gasteiger partial charge in [-0.1, -0.05) is 30.7 Å². The van der Waals surface area contributed by atoms with Crippen LogP contribution in [0.5, 0.6) is 0 Å². The molecule has 6 heterocycles. The Hall–Kier alpha value is -6.00. The molecule has 3 saturated heterocycles. The maximum Gasteiger partial charge on any atom is 0.420 e. The molecule has 2 aromatic carbocycles. The van der Waals surface area contributed by atoms with Gasteiger partial charge in [-0.15, -0.1) is 0 Å². The highest BCUT2D eigenvalue weighted by Gasteiger charge is 2.38. The van der Waals surface area contributed by atoms with Gasteiger partial charge in [0.15, 0.2) is 11.4 Å². The maximum absolute atomic E-state index is 15.1. The lowest BCUT2D eigenvalue weighted by atomic mass is 9.83. The monoisotopic (exact) mass is 846 g/mol. The number of amides is 3. The lowest BCUT2D eigenvalue weighted by Gasteiger charge is -2.42. The van der Waals surface area contributed by atoms with Crippen molar-refractivity contribution in [2.45, 2.75) is 94.2 Å². The minimum Gasteiger partial charge on any atom is -0.408 e. The third-order valence-electron chi connectivity index (χ3n) is 13.4. The second-order valence-corrected chi connectivity index (χ2v) is 17.4. The highest BCUT2D eigenvalue weighted by atomic mass is 19.1. The Morgan fingerprint density at radius 1 is 0.952 bits per heavy atom. The summed E-state index contributed by atoms with van der Waals surface area (Å²) < 4.78 is 23.5. The molecule has 3 N–H and O–H groups in total. The van der Waals surface area contributed by atoms with Crippen molar-refractivity contribution in [3.63, 3.8) is 0 Å². The number of likely N-dealkylation sites (tertiary alicyclic amines) is 2. The van der Waals surface area contributed by atoms with Gasteiger partial charge in [0.05, 0.1) is 17.3 Å². The Morgan fingerprint density at radius 2 is 1.77 bits per heavy atom. The van der Waals surface area contributed by atoms with Crippen LogP contribution in [0, 0.1) is 11.7 Å². The van der Waals surface area contributed by atoms with E-state index in [0.717, 1.165) is 63.5 Å².